The highest BCUT2D eigenvalue weighted by Gasteiger charge is 2.09. The minimum absolute atomic E-state index is 0.654. The lowest BCUT2D eigenvalue weighted by molar-refractivity contribution is 0.376. The van der Waals surface area contributed by atoms with E-state index in [4.69, 9.17) is 0 Å². The number of aryl methyl sites for hydroxylation is 1. The average Bonchev–Trinajstić information content (AvgIpc) is 2.73. The van der Waals surface area contributed by atoms with Crippen LogP contribution >= 0.6 is 0 Å². The van der Waals surface area contributed by atoms with Crippen LogP contribution in [0.15, 0.2) is 12.4 Å². The number of nitrogens with one attached hydrogen (secondary N) is 1. The van der Waals surface area contributed by atoms with Gasteiger partial charge in [0.1, 0.15) is 0 Å². The molecule has 3 nitrogen and oxygen atoms in total. The van der Waals surface area contributed by atoms with E-state index in [9.17, 15) is 0 Å². The highest BCUT2D eigenvalue weighted by atomic mass is 15.3. The van der Waals surface area contributed by atoms with E-state index in [0.29, 0.717) is 6.04 Å². The number of aromatic nitrogens is 2. The van der Waals surface area contributed by atoms with Gasteiger partial charge < -0.3 is 5.32 Å². The minimum atomic E-state index is 0.654. The van der Waals surface area contributed by atoms with E-state index in [2.05, 4.69) is 44.3 Å². The van der Waals surface area contributed by atoms with Crippen molar-refractivity contribution in [1.82, 2.24) is 15.1 Å². The van der Waals surface area contributed by atoms with Crippen LogP contribution in [0.25, 0.3) is 0 Å². The molecule has 0 saturated carbocycles. The largest absolute Gasteiger partial charge is 0.312 e. The second-order valence-electron chi connectivity index (χ2n) is 5.09. The molecule has 1 aromatic rings. The second kappa shape index (κ2) is 7.49. The van der Waals surface area contributed by atoms with E-state index in [-0.39, 0.29) is 0 Å². The molecule has 1 rings (SSSR count). The van der Waals surface area contributed by atoms with Crippen LogP contribution < -0.4 is 5.32 Å². The van der Waals surface area contributed by atoms with Crippen molar-refractivity contribution in [2.75, 3.05) is 6.54 Å². The molecule has 1 aromatic heterocycles. The van der Waals surface area contributed by atoms with Crippen molar-refractivity contribution in [3.05, 3.63) is 18.0 Å². The van der Waals surface area contributed by atoms with Crippen molar-refractivity contribution in [2.24, 2.45) is 5.92 Å². The van der Waals surface area contributed by atoms with Crippen molar-refractivity contribution >= 4 is 0 Å². The minimum Gasteiger partial charge on any atom is -0.312 e. The van der Waals surface area contributed by atoms with Crippen LogP contribution in [0.4, 0.5) is 0 Å². The summed E-state index contributed by atoms with van der Waals surface area (Å²) in [6, 6.07) is 0.654. The van der Waals surface area contributed by atoms with Crippen LogP contribution in [0.3, 0.4) is 0 Å². The zero-order valence-corrected chi connectivity index (χ0v) is 11.7. The van der Waals surface area contributed by atoms with E-state index in [0.717, 1.165) is 19.0 Å². The van der Waals surface area contributed by atoms with Crippen LogP contribution in [-0.2, 0) is 6.54 Å². The summed E-state index contributed by atoms with van der Waals surface area (Å²) in [5, 5.41) is 7.92. The van der Waals surface area contributed by atoms with Gasteiger partial charge in [-0.1, -0.05) is 27.2 Å². The maximum absolute atomic E-state index is 4.29. The molecule has 0 amide bonds. The SMILES string of the molecule is CCC(C)CC(CC)NCCn1cc(C)cn1. The Morgan fingerprint density at radius 1 is 1.35 bits per heavy atom. The van der Waals surface area contributed by atoms with Crippen LogP contribution in [0.5, 0.6) is 0 Å². The molecule has 1 heterocycles. The maximum atomic E-state index is 4.29. The van der Waals surface area contributed by atoms with Gasteiger partial charge in [0.25, 0.3) is 0 Å². The van der Waals surface area contributed by atoms with Gasteiger partial charge in [-0.25, -0.2) is 0 Å². The first kappa shape index (κ1) is 14.2. The lowest BCUT2D eigenvalue weighted by atomic mass is 9.98. The van der Waals surface area contributed by atoms with Crippen molar-refractivity contribution in [3.63, 3.8) is 0 Å². The van der Waals surface area contributed by atoms with E-state index in [1.54, 1.807) is 0 Å². The van der Waals surface area contributed by atoms with Gasteiger partial charge in [-0.05, 0) is 31.2 Å². The summed E-state index contributed by atoms with van der Waals surface area (Å²) >= 11 is 0. The van der Waals surface area contributed by atoms with Gasteiger partial charge in [0.05, 0.1) is 12.7 Å². The van der Waals surface area contributed by atoms with Gasteiger partial charge in [0.2, 0.25) is 0 Å². The highest BCUT2D eigenvalue weighted by Crippen LogP contribution is 2.11. The monoisotopic (exact) mass is 237 g/mol. The zero-order valence-electron chi connectivity index (χ0n) is 11.7. The van der Waals surface area contributed by atoms with Gasteiger partial charge in [-0.15, -0.1) is 0 Å². The van der Waals surface area contributed by atoms with Gasteiger partial charge in [-0.2, -0.15) is 5.10 Å². The third kappa shape index (κ3) is 5.35. The van der Waals surface area contributed by atoms with Crippen LogP contribution in [0.1, 0.15) is 45.6 Å². The van der Waals surface area contributed by atoms with Gasteiger partial charge in [0.15, 0.2) is 0 Å². The first-order valence-corrected chi connectivity index (χ1v) is 6.88. The molecule has 0 aliphatic heterocycles. The molecule has 2 unspecified atom stereocenters. The van der Waals surface area contributed by atoms with Gasteiger partial charge in [0, 0.05) is 18.8 Å². The van der Waals surface area contributed by atoms with Gasteiger partial charge >= 0.3 is 0 Å². The molecule has 0 aromatic carbocycles. The predicted molar refractivity (Wildman–Crippen MR) is 73.1 cm³/mol. The number of hydrogen-bond acceptors (Lipinski definition) is 2. The summed E-state index contributed by atoms with van der Waals surface area (Å²) in [4.78, 5) is 0. The molecule has 1 N–H and O–H groups in total. The third-order valence-corrected chi connectivity index (χ3v) is 3.41. The normalized spacial score (nSPS) is 14.8. The Morgan fingerprint density at radius 3 is 2.65 bits per heavy atom. The van der Waals surface area contributed by atoms with E-state index >= 15 is 0 Å². The van der Waals surface area contributed by atoms with Crippen molar-refractivity contribution in [1.29, 1.82) is 0 Å². The molecule has 0 fully saturated rings. The smallest absolute Gasteiger partial charge is 0.0534 e. The lowest BCUT2D eigenvalue weighted by Gasteiger charge is -2.20. The molecule has 0 aliphatic carbocycles. The Labute approximate surface area is 106 Å². The van der Waals surface area contributed by atoms with E-state index in [1.807, 2.05) is 10.9 Å². The molecular formula is C14H27N3. The van der Waals surface area contributed by atoms with Crippen molar-refractivity contribution in [3.8, 4) is 0 Å². The molecule has 0 saturated heterocycles. The van der Waals surface area contributed by atoms with Crippen LogP contribution in [0.2, 0.25) is 0 Å². The fraction of sp³-hybridized carbons (Fsp3) is 0.786. The van der Waals surface area contributed by atoms with Crippen LogP contribution in [-0.4, -0.2) is 22.4 Å². The topological polar surface area (TPSA) is 29.9 Å². The lowest BCUT2D eigenvalue weighted by Crippen LogP contribution is -2.32. The first-order chi connectivity index (χ1) is 8.15. The quantitative estimate of drug-likeness (QED) is 0.753. The molecule has 0 aliphatic rings. The zero-order chi connectivity index (χ0) is 12.7. The number of rotatable bonds is 8. The second-order valence-corrected chi connectivity index (χ2v) is 5.09. The Balaban J connectivity index is 2.23. The fourth-order valence-corrected chi connectivity index (χ4v) is 2.02. The molecule has 0 spiro atoms. The van der Waals surface area contributed by atoms with Crippen molar-refractivity contribution < 1.29 is 0 Å². The summed E-state index contributed by atoms with van der Waals surface area (Å²) in [5.41, 5.74) is 1.23. The summed E-state index contributed by atoms with van der Waals surface area (Å²) < 4.78 is 2.01. The predicted octanol–water partition coefficient (Wildman–Crippen LogP) is 3.00. The highest BCUT2D eigenvalue weighted by molar-refractivity contribution is 4.99. The summed E-state index contributed by atoms with van der Waals surface area (Å²) in [6.45, 7) is 10.9. The molecule has 3 heteroatoms. The van der Waals surface area contributed by atoms with E-state index < -0.39 is 0 Å². The molecule has 0 radical (unpaired) electrons. The van der Waals surface area contributed by atoms with E-state index in [1.165, 1.54) is 24.8 Å². The molecular weight excluding hydrogens is 210 g/mol. The number of nitrogens with zero attached hydrogens (tertiary/aromatic N) is 2. The Morgan fingerprint density at radius 2 is 2.12 bits per heavy atom. The summed E-state index contributed by atoms with van der Waals surface area (Å²) in [7, 11) is 0. The summed E-state index contributed by atoms with van der Waals surface area (Å²) in [5.74, 6) is 0.819. The molecule has 0 bridgehead atoms. The Bertz CT molecular complexity index is 306. The fourth-order valence-electron chi connectivity index (χ4n) is 2.02. The molecule has 2 atom stereocenters. The van der Waals surface area contributed by atoms with Gasteiger partial charge in [-0.3, -0.25) is 4.68 Å². The third-order valence-electron chi connectivity index (χ3n) is 3.41. The average molecular weight is 237 g/mol. The molecule has 98 valence electrons. The molecule has 17 heavy (non-hydrogen) atoms. The maximum Gasteiger partial charge on any atom is 0.0534 e. The number of hydrogen-bond donors (Lipinski definition) is 1. The van der Waals surface area contributed by atoms with Crippen molar-refractivity contribution in [2.45, 2.75) is 59.5 Å². The Hall–Kier alpha value is -0.830. The Kier molecular flexibility index (Phi) is 6.27. The standard InChI is InChI=1S/C14H27N3/c1-5-12(3)9-14(6-2)15-7-8-17-11-13(4)10-16-17/h10-12,14-15H,5-9H2,1-4H3. The summed E-state index contributed by atoms with van der Waals surface area (Å²) in [6.07, 6.45) is 7.78. The van der Waals surface area contributed by atoms with Crippen LogP contribution in [0, 0.1) is 12.8 Å². The first-order valence-electron chi connectivity index (χ1n) is 6.88.